The zero-order valence-corrected chi connectivity index (χ0v) is 13.5. The van der Waals surface area contributed by atoms with Gasteiger partial charge in [0.2, 0.25) is 11.7 Å². The Kier molecular flexibility index (Phi) is 5.72. The molecule has 6 heteroatoms. The molecule has 1 saturated heterocycles. The Hall–Kier alpha value is -0.980. The average Bonchev–Trinajstić information content (AvgIpc) is 3.02. The van der Waals surface area contributed by atoms with Crippen molar-refractivity contribution in [2.45, 2.75) is 57.6 Å². The second-order valence-corrected chi connectivity index (χ2v) is 5.78. The van der Waals surface area contributed by atoms with Crippen molar-refractivity contribution >= 4 is 0 Å². The summed E-state index contributed by atoms with van der Waals surface area (Å²) in [6.45, 7) is 8.59. The van der Waals surface area contributed by atoms with Gasteiger partial charge in [0.1, 0.15) is 5.60 Å². The van der Waals surface area contributed by atoms with E-state index in [2.05, 4.69) is 29.3 Å². The smallest absolute Gasteiger partial charge is 0.233 e. The van der Waals surface area contributed by atoms with E-state index in [1.165, 1.54) is 0 Å². The fraction of sp³-hybridized carbons (Fsp3) is 0.867. The number of methoxy groups -OCH3 is 1. The molecule has 6 nitrogen and oxygen atoms in total. The molecule has 1 aromatic rings. The number of aromatic nitrogens is 2. The average molecular weight is 297 g/mol. The van der Waals surface area contributed by atoms with Gasteiger partial charge in [-0.3, -0.25) is 0 Å². The largest absolute Gasteiger partial charge is 0.381 e. The summed E-state index contributed by atoms with van der Waals surface area (Å²) >= 11 is 0. The maximum Gasteiger partial charge on any atom is 0.233 e. The molecule has 3 unspecified atom stereocenters. The maximum absolute atomic E-state index is 5.60. The minimum Gasteiger partial charge on any atom is -0.381 e. The summed E-state index contributed by atoms with van der Waals surface area (Å²) in [5.41, 5.74) is -0.496. The molecular weight excluding hydrogens is 270 g/mol. The molecule has 1 N–H and O–H groups in total. The first-order valence-corrected chi connectivity index (χ1v) is 7.85. The standard InChI is InChI=1S/C15H27N3O3/c1-5-8-16-12-7-9-20-10-11(12)13-17-14(18-21-13)15(3,6-2)19-4/h11-12,16H,5-10H2,1-4H3. The van der Waals surface area contributed by atoms with E-state index < -0.39 is 5.60 Å². The van der Waals surface area contributed by atoms with Crippen molar-refractivity contribution in [1.29, 1.82) is 0 Å². The van der Waals surface area contributed by atoms with Crippen molar-refractivity contribution in [1.82, 2.24) is 15.5 Å². The van der Waals surface area contributed by atoms with Crippen LogP contribution in [-0.2, 0) is 15.1 Å². The number of rotatable bonds is 7. The second-order valence-electron chi connectivity index (χ2n) is 5.78. The Balaban J connectivity index is 2.14. The number of hydrogen-bond acceptors (Lipinski definition) is 6. The summed E-state index contributed by atoms with van der Waals surface area (Å²) in [6.07, 6.45) is 2.87. The number of nitrogens with one attached hydrogen (secondary N) is 1. The molecule has 1 aliphatic heterocycles. The lowest BCUT2D eigenvalue weighted by Crippen LogP contribution is -2.41. The van der Waals surface area contributed by atoms with Crippen LogP contribution >= 0.6 is 0 Å². The van der Waals surface area contributed by atoms with Gasteiger partial charge in [0.15, 0.2) is 0 Å². The number of nitrogens with zero attached hydrogens (tertiary/aromatic N) is 2. The minimum absolute atomic E-state index is 0.115. The van der Waals surface area contributed by atoms with E-state index in [-0.39, 0.29) is 5.92 Å². The van der Waals surface area contributed by atoms with E-state index in [0.29, 0.717) is 24.4 Å². The molecular formula is C15H27N3O3. The molecule has 2 heterocycles. The van der Waals surface area contributed by atoms with E-state index in [0.717, 1.165) is 32.4 Å². The fourth-order valence-corrected chi connectivity index (χ4v) is 2.55. The van der Waals surface area contributed by atoms with Crippen molar-refractivity contribution in [3.8, 4) is 0 Å². The molecule has 21 heavy (non-hydrogen) atoms. The molecule has 1 fully saturated rings. The molecule has 0 radical (unpaired) electrons. The lowest BCUT2D eigenvalue weighted by molar-refractivity contribution is -0.0106. The van der Waals surface area contributed by atoms with Crippen molar-refractivity contribution < 1.29 is 14.0 Å². The third-order valence-corrected chi connectivity index (χ3v) is 4.37. The summed E-state index contributed by atoms with van der Waals surface area (Å²) in [6, 6.07) is 0.336. The molecule has 3 atom stereocenters. The molecule has 120 valence electrons. The zero-order chi connectivity index (χ0) is 15.3. The van der Waals surface area contributed by atoms with Crippen LogP contribution in [-0.4, -0.2) is 43.1 Å². The van der Waals surface area contributed by atoms with Crippen molar-refractivity contribution in [2.75, 3.05) is 26.9 Å². The van der Waals surface area contributed by atoms with Gasteiger partial charge in [0.25, 0.3) is 0 Å². The lowest BCUT2D eigenvalue weighted by Gasteiger charge is -2.30. The van der Waals surface area contributed by atoms with Crippen LogP contribution in [0.5, 0.6) is 0 Å². The monoisotopic (exact) mass is 297 g/mol. The van der Waals surface area contributed by atoms with Gasteiger partial charge in [-0.1, -0.05) is 19.0 Å². The van der Waals surface area contributed by atoms with E-state index in [1.807, 2.05) is 6.92 Å². The van der Waals surface area contributed by atoms with Crippen LogP contribution in [0, 0.1) is 0 Å². The van der Waals surface area contributed by atoms with E-state index in [4.69, 9.17) is 14.0 Å². The molecule has 0 bridgehead atoms. The Morgan fingerprint density at radius 1 is 1.43 bits per heavy atom. The first-order chi connectivity index (χ1) is 10.1. The van der Waals surface area contributed by atoms with Crippen LogP contribution in [0.3, 0.4) is 0 Å². The maximum atomic E-state index is 5.60. The fourth-order valence-electron chi connectivity index (χ4n) is 2.55. The van der Waals surface area contributed by atoms with Gasteiger partial charge in [-0.2, -0.15) is 4.98 Å². The normalized spacial score (nSPS) is 25.7. The second kappa shape index (κ2) is 7.33. The molecule has 2 rings (SSSR count). The highest BCUT2D eigenvalue weighted by molar-refractivity contribution is 5.05. The van der Waals surface area contributed by atoms with Crippen LogP contribution in [0.1, 0.15) is 57.7 Å². The molecule has 0 spiro atoms. The van der Waals surface area contributed by atoms with Gasteiger partial charge in [-0.15, -0.1) is 0 Å². The highest BCUT2D eigenvalue weighted by atomic mass is 16.5. The van der Waals surface area contributed by atoms with Crippen molar-refractivity contribution in [3.05, 3.63) is 11.7 Å². The predicted octanol–water partition coefficient (Wildman–Crippen LogP) is 2.21. The summed E-state index contributed by atoms with van der Waals surface area (Å²) in [4.78, 5) is 4.58. The van der Waals surface area contributed by atoms with Crippen molar-refractivity contribution in [3.63, 3.8) is 0 Å². The quantitative estimate of drug-likeness (QED) is 0.832. The highest BCUT2D eigenvalue weighted by Gasteiger charge is 2.35. The summed E-state index contributed by atoms with van der Waals surface area (Å²) in [5.74, 6) is 1.38. The van der Waals surface area contributed by atoms with Crippen LogP contribution in [0.4, 0.5) is 0 Å². The third-order valence-electron chi connectivity index (χ3n) is 4.37. The predicted molar refractivity (Wildman–Crippen MR) is 79.2 cm³/mol. The summed E-state index contributed by atoms with van der Waals surface area (Å²) in [5, 5.41) is 7.68. The molecule has 0 aliphatic carbocycles. The first-order valence-electron chi connectivity index (χ1n) is 7.85. The number of ether oxygens (including phenoxy) is 2. The Morgan fingerprint density at radius 3 is 2.90 bits per heavy atom. The molecule has 0 aromatic carbocycles. The van der Waals surface area contributed by atoms with Gasteiger partial charge >= 0.3 is 0 Å². The number of hydrogen-bond donors (Lipinski definition) is 1. The Labute approximate surface area is 126 Å². The molecule has 1 aromatic heterocycles. The Bertz CT molecular complexity index is 432. The van der Waals surface area contributed by atoms with Crippen LogP contribution in [0.2, 0.25) is 0 Å². The lowest BCUT2D eigenvalue weighted by atomic mass is 9.95. The third kappa shape index (κ3) is 3.62. The van der Waals surface area contributed by atoms with Crippen LogP contribution < -0.4 is 5.32 Å². The van der Waals surface area contributed by atoms with Gasteiger partial charge < -0.3 is 19.3 Å². The van der Waals surface area contributed by atoms with E-state index >= 15 is 0 Å². The van der Waals surface area contributed by atoms with Gasteiger partial charge in [-0.25, -0.2) is 0 Å². The SMILES string of the molecule is CCCNC1CCOCC1c1nc(C(C)(CC)OC)no1. The van der Waals surface area contributed by atoms with Gasteiger partial charge in [0.05, 0.1) is 12.5 Å². The molecule has 1 aliphatic rings. The van der Waals surface area contributed by atoms with Crippen LogP contribution in [0.15, 0.2) is 4.52 Å². The minimum atomic E-state index is -0.496. The topological polar surface area (TPSA) is 69.4 Å². The van der Waals surface area contributed by atoms with Crippen molar-refractivity contribution in [2.24, 2.45) is 0 Å². The van der Waals surface area contributed by atoms with E-state index in [1.54, 1.807) is 7.11 Å². The highest BCUT2D eigenvalue weighted by Crippen LogP contribution is 2.29. The summed E-state index contributed by atoms with van der Waals surface area (Å²) < 4.78 is 16.6. The van der Waals surface area contributed by atoms with E-state index in [9.17, 15) is 0 Å². The Morgan fingerprint density at radius 2 is 2.24 bits per heavy atom. The van der Waals surface area contributed by atoms with Gasteiger partial charge in [-0.05, 0) is 32.7 Å². The first kappa shape index (κ1) is 16.4. The molecule has 0 amide bonds. The van der Waals surface area contributed by atoms with Gasteiger partial charge in [0, 0.05) is 19.8 Å². The molecule has 0 saturated carbocycles. The summed E-state index contributed by atoms with van der Waals surface area (Å²) in [7, 11) is 1.68. The van der Waals surface area contributed by atoms with Crippen LogP contribution in [0.25, 0.3) is 0 Å². The zero-order valence-electron chi connectivity index (χ0n) is 13.5.